The summed E-state index contributed by atoms with van der Waals surface area (Å²) in [5, 5.41) is 27.7. The molecule has 0 aromatic heterocycles. The van der Waals surface area contributed by atoms with Crippen LogP contribution < -0.4 is 0 Å². The molecular weight excluding hydrogens is 192 g/mol. The number of aliphatic hydroxyl groups is 3. The molecule has 0 amide bonds. The molecule has 0 aliphatic heterocycles. The summed E-state index contributed by atoms with van der Waals surface area (Å²) in [5.74, 6) is 0. The highest BCUT2D eigenvalue weighted by Crippen LogP contribution is 2.08. The van der Waals surface area contributed by atoms with E-state index in [2.05, 4.69) is 4.74 Å². The fourth-order valence-corrected chi connectivity index (χ4v) is 1.06. The molecule has 4 atom stereocenters. The van der Waals surface area contributed by atoms with E-state index < -0.39 is 24.4 Å². The summed E-state index contributed by atoms with van der Waals surface area (Å²) < 4.78 is 9.39. The van der Waals surface area contributed by atoms with Gasteiger partial charge in [-0.1, -0.05) is 0 Å². The molecule has 0 aliphatic rings. The maximum absolute atomic E-state index is 10.2. The van der Waals surface area contributed by atoms with Gasteiger partial charge in [-0.3, -0.25) is 0 Å². The Morgan fingerprint density at radius 3 is 2.21 bits per heavy atom. The normalized spacial score (nSPS) is 19.8. The van der Waals surface area contributed by atoms with Crippen molar-refractivity contribution in [2.75, 3.05) is 20.8 Å². The van der Waals surface area contributed by atoms with Crippen LogP contribution in [0.25, 0.3) is 0 Å². The number of ether oxygens (including phenoxy) is 2. The van der Waals surface area contributed by atoms with E-state index in [-0.39, 0.29) is 12.9 Å². The van der Waals surface area contributed by atoms with Crippen molar-refractivity contribution in [1.82, 2.24) is 0 Å². The van der Waals surface area contributed by atoms with Crippen LogP contribution in [-0.2, 0) is 14.3 Å². The van der Waals surface area contributed by atoms with Gasteiger partial charge < -0.3 is 29.6 Å². The Kier molecular flexibility index (Phi) is 6.60. The molecule has 0 aromatic rings. The van der Waals surface area contributed by atoms with E-state index in [1.54, 1.807) is 0 Å². The van der Waals surface area contributed by atoms with Gasteiger partial charge in [-0.05, 0) is 0 Å². The fourth-order valence-electron chi connectivity index (χ4n) is 1.06. The zero-order chi connectivity index (χ0) is 11.1. The Morgan fingerprint density at radius 2 is 1.86 bits per heavy atom. The quantitative estimate of drug-likeness (QED) is 0.416. The molecule has 0 spiro atoms. The minimum Gasteiger partial charge on any atom is -0.388 e. The Bertz CT molecular complexity index is 162. The van der Waals surface area contributed by atoms with E-state index in [0.717, 1.165) is 0 Å². The molecule has 0 fully saturated rings. The van der Waals surface area contributed by atoms with Crippen LogP contribution in [0.1, 0.15) is 0 Å². The number of aldehydes is 1. The van der Waals surface area contributed by atoms with Gasteiger partial charge in [-0.15, -0.1) is 0 Å². The number of carbonyl (C=O) groups excluding carboxylic acids is 1. The molecule has 0 saturated carbocycles. The second-order valence-electron chi connectivity index (χ2n) is 2.84. The first-order valence-electron chi connectivity index (χ1n) is 4.09. The van der Waals surface area contributed by atoms with Crippen LogP contribution in [0.3, 0.4) is 0 Å². The van der Waals surface area contributed by atoms with Crippen LogP contribution in [0.4, 0.5) is 0 Å². The maximum Gasteiger partial charge on any atom is 0.151 e. The summed E-state index contributed by atoms with van der Waals surface area (Å²) in [6.07, 6.45) is -5.03. The predicted molar refractivity (Wildman–Crippen MR) is 46.8 cm³/mol. The summed E-state index contributed by atoms with van der Waals surface area (Å²) in [7, 11) is 2.63. The van der Waals surface area contributed by atoms with Crippen LogP contribution in [0.5, 0.6) is 0 Å². The minimum absolute atomic E-state index is 0.0544. The zero-order valence-corrected chi connectivity index (χ0v) is 8.16. The van der Waals surface area contributed by atoms with Gasteiger partial charge >= 0.3 is 0 Å². The van der Waals surface area contributed by atoms with Crippen molar-refractivity contribution in [2.45, 2.75) is 24.4 Å². The third-order valence-electron chi connectivity index (χ3n) is 1.81. The summed E-state index contributed by atoms with van der Waals surface area (Å²) in [4.78, 5) is 10.2. The number of hydrogen-bond acceptors (Lipinski definition) is 6. The zero-order valence-electron chi connectivity index (χ0n) is 8.16. The SMILES string of the molecule is COC[C@@H](O)[C@H](OC)[C@H](O)[C@@H](O)C=O. The second-order valence-corrected chi connectivity index (χ2v) is 2.84. The topological polar surface area (TPSA) is 96.2 Å². The van der Waals surface area contributed by atoms with E-state index in [0.29, 0.717) is 0 Å². The van der Waals surface area contributed by atoms with Gasteiger partial charge in [-0.2, -0.15) is 0 Å². The van der Waals surface area contributed by atoms with Crippen molar-refractivity contribution in [3.8, 4) is 0 Å². The summed E-state index contributed by atoms with van der Waals surface area (Å²) in [6.45, 7) is -0.0544. The highest BCUT2D eigenvalue weighted by molar-refractivity contribution is 5.56. The van der Waals surface area contributed by atoms with Crippen molar-refractivity contribution in [3.05, 3.63) is 0 Å². The molecule has 0 saturated heterocycles. The van der Waals surface area contributed by atoms with Gasteiger partial charge in [-0.25, -0.2) is 0 Å². The molecule has 0 heterocycles. The molecule has 0 aromatic carbocycles. The highest BCUT2D eigenvalue weighted by Gasteiger charge is 2.31. The average molecular weight is 208 g/mol. The van der Waals surface area contributed by atoms with Gasteiger partial charge in [0.05, 0.1) is 6.61 Å². The Morgan fingerprint density at radius 1 is 1.29 bits per heavy atom. The third-order valence-corrected chi connectivity index (χ3v) is 1.81. The molecule has 6 heteroatoms. The summed E-state index contributed by atoms with van der Waals surface area (Å²) >= 11 is 0. The summed E-state index contributed by atoms with van der Waals surface area (Å²) in [5.41, 5.74) is 0. The first kappa shape index (κ1) is 13.5. The lowest BCUT2D eigenvalue weighted by Crippen LogP contribution is -2.47. The van der Waals surface area contributed by atoms with E-state index in [1.165, 1.54) is 14.2 Å². The van der Waals surface area contributed by atoms with Gasteiger partial charge in [0.2, 0.25) is 0 Å². The molecular formula is C8H16O6. The molecule has 0 rings (SSSR count). The lowest BCUT2D eigenvalue weighted by molar-refractivity contribution is -0.144. The molecule has 6 nitrogen and oxygen atoms in total. The smallest absolute Gasteiger partial charge is 0.151 e. The van der Waals surface area contributed by atoms with Gasteiger partial charge in [0.1, 0.15) is 24.4 Å². The van der Waals surface area contributed by atoms with Gasteiger partial charge in [0.25, 0.3) is 0 Å². The monoisotopic (exact) mass is 208 g/mol. The molecule has 0 unspecified atom stereocenters. The number of rotatable bonds is 7. The third kappa shape index (κ3) is 3.69. The second kappa shape index (κ2) is 6.86. The molecule has 0 aliphatic carbocycles. The molecule has 3 N–H and O–H groups in total. The van der Waals surface area contributed by atoms with Crippen molar-refractivity contribution in [3.63, 3.8) is 0 Å². The van der Waals surface area contributed by atoms with Crippen LogP contribution in [0.2, 0.25) is 0 Å². The molecule has 0 bridgehead atoms. The van der Waals surface area contributed by atoms with Crippen molar-refractivity contribution in [1.29, 1.82) is 0 Å². The summed E-state index contributed by atoms with van der Waals surface area (Å²) in [6, 6.07) is 0. The van der Waals surface area contributed by atoms with Crippen molar-refractivity contribution >= 4 is 6.29 Å². The lowest BCUT2D eigenvalue weighted by atomic mass is 10.0. The van der Waals surface area contributed by atoms with Crippen LogP contribution in [0, 0.1) is 0 Å². The number of carbonyl (C=O) groups is 1. The predicted octanol–water partition coefficient (Wildman–Crippen LogP) is -2.07. The van der Waals surface area contributed by atoms with Gasteiger partial charge in [0.15, 0.2) is 6.29 Å². The number of methoxy groups -OCH3 is 2. The van der Waals surface area contributed by atoms with E-state index in [4.69, 9.17) is 9.84 Å². The lowest BCUT2D eigenvalue weighted by Gasteiger charge is -2.26. The van der Waals surface area contributed by atoms with Gasteiger partial charge in [0, 0.05) is 14.2 Å². The van der Waals surface area contributed by atoms with E-state index in [1.807, 2.05) is 0 Å². The van der Waals surface area contributed by atoms with Crippen LogP contribution in [0.15, 0.2) is 0 Å². The fraction of sp³-hybridized carbons (Fsp3) is 0.875. The maximum atomic E-state index is 10.2. The standard InChI is InChI=1S/C8H16O6/c1-13-4-6(11)8(14-2)7(12)5(10)3-9/h3,5-8,10-12H,4H2,1-2H3/t5-,6+,7+,8-/m0/s1. The Labute approximate surface area is 82.1 Å². The van der Waals surface area contributed by atoms with Crippen molar-refractivity contribution in [2.24, 2.45) is 0 Å². The van der Waals surface area contributed by atoms with Crippen LogP contribution >= 0.6 is 0 Å². The molecule has 0 radical (unpaired) electrons. The van der Waals surface area contributed by atoms with Crippen LogP contribution in [-0.4, -0.2) is 66.8 Å². The first-order chi connectivity index (χ1) is 6.58. The molecule has 84 valence electrons. The van der Waals surface area contributed by atoms with E-state index in [9.17, 15) is 15.0 Å². The number of hydrogen-bond donors (Lipinski definition) is 3. The minimum atomic E-state index is -1.58. The number of aliphatic hydroxyl groups excluding tert-OH is 3. The van der Waals surface area contributed by atoms with Crippen molar-refractivity contribution < 1.29 is 29.6 Å². The largest absolute Gasteiger partial charge is 0.388 e. The Hall–Kier alpha value is -0.530. The Balaban J connectivity index is 4.30. The van der Waals surface area contributed by atoms with E-state index >= 15 is 0 Å². The average Bonchev–Trinajstić information content (AvgIpc) is 2.18. The molecule has 14 heavy (non-hydrogen) atoms. The first-order valence-corrected chi connectivity index (χ1v) is 4.09. The highest BCUT2D eigenvalue weighted by atomic mass is 16.5.